The summed E-state index contributed by atoms with van der Waals surface area (Å²) in [5.41, 5.74) is -0.457. The van der Waals surface area contributed by atoms with E-state index in [1.807, 2.05) is 158 Å². The monoisotopic (exact) mass is 914 g/mol. The van der Waals surface area contributed by atoms with E-state index >= 15 is 0 Å². The molecule has 12 aromatic carbocycles. The van der Waals surface area contributed by atoms with Gasteiger partial charge in [0.25, 0.3) is 0 Å². The van der Waals surface area contributed by atoms with Gasteiger partial charge in [-0.3, -0.25) is 0 Å². The number of esters is 2. The van der Waals surface area contributed by atoms with Gasteiger partial charge in [-0.05, 0) is 159 Å². The van der Waals surface area contributed by atoms with Crippen LogP contribution in [0.25, 0.3) is 86.2 Å². The molecule has 0 bridgehead atoms. The second kappa shape index (κ2) is 16.9. The van der Waals surface area contributed by atoms with E-state index < -0.39 is 46.1 Å². The normalized spacial score (nSPS) is 11.2. The Bertz CT molecular complexity index is 4210. The van der Waals surface area contributed by atoms with Crippen LogP contribution in [0, 0.1) is 23.7 Å². The van der Waals surface area contributed by atoms with Crippen LogP contribution in [0.15, 0.2) is 194 Å². The largest absolute Gasteiger partial charge is 0.478 e. The van der Waals surface area contributed by atoms with Gasteiger partial charge >= 0.3 is 23.9 Å². The molecular weight excluding hydrogens is 881 g/mol. The van der Waals surface area contributed by atoms with Crippen molar-refractivity contribution < 1.29 is 34.1 Å². The highest BCUT2D eigenvalue weighted by Gasteiger charge is 2.31. The molecule has 12 rings (SSSR count). The van der Waals surface area contributed by atoms with Crippen LogP contribution in [-0.2, 0) is 4.74 Å². The van der Waals surface area contributed by atoms with Crippen LogP contribution in [0.3, 0.4) is 0 Å². The van der Waals surface area contributed by atoms with Gasteiger partial charge in [-0.15, -0.1) is 0 Å². The first kappa shape index (κ1) is 42.3. The molecule has 12 aromatic rings. The number of carbonyl (C=O) groups is 4. The first-order chi connectivity index (χ1) is 34.6. The fourth-order valence-electron chi connectivity index (χ4n) is 9.85. The van der Waals surface area contributed by atoms with Crippen LogP contribution in [0.1, 0.15) is 63.7 Å². The minimum atomic E-state index is -1.48. The van der Waals surface area contributed by atoms with E-state index in [-0.39, 0.29) is 21.9 Å². The molecule has 0 aromatic heterocycles. The van der Waals surface area contributed by atoms with Crippen molar-refractivity contribution in [3.05, 3.63) is 239 Å². The van der Waals surface area contributed by atoms with Gasteiger partial charge in [0.05, 0.1) is 22.3 Å². The molecule has 0 fully saturated rings. The summed E-state index contributed by atoms with van der Waals surface area (Å²) >= 11 is 0. The van der Waals surface area contributed by atoms with E-state index in [0.717, 1.165) is 53.9 Å². The summed E-state index contributed by atoms with van der Waals surface area (Å²) in [5.74, 6) is 6.99. The van der Waals surface area contributed by atoms with E-state index in [2.05, 4.69) is 35.8 Å². The molecule has 7 heteroatoms. The molecule has 0 radical (unpaired) electrons. The Hall–Kier alpha value is -10.1. The molecule has 0 aliphatic heterocycles. The number of carboxylic acids is 2. The van der Waals surface area contributed by atoms with Crippen LogP contribution in [0.5, 0.6) is 0 Å². The van der Waals surface area contributed by atoms with Crippen molar-refractivity contribution in [1.82, 2.24) is 0 Å². The number of carboxylic acid groups (broad SMARTS) is 2. The van der Waals surface area contributed by atoms with E-state index in [9.17, 15) is 29.4 Å². The minimum absolute atomic E-state index is 0.0133. The minimum Gasteiger partial charge on any atom is -0.478 e. The molecule has 0 amide bonds. The fourth-order valence-corrected chi connectivity index (χ4v) is 9.85. The third-order valence-corrected chi connectivity index (χ3v) is 13.2. The maximum atomic E-state index is 14.9. The second-order valence-electron chi connectivity index (χ2n) is 17.4. The number of hydrogen-bond acceptors (Lipinski definition) is 5. The topological polar surface area (TPSA) is 118 Å². The standard InChI is InChI=1S/C64H34O7/c65-61(66)57-49(25-23-37-19-9-21-47-27-39-11-1-5-15-43(39)33-53(37)47)31-51-29-41-13-3-7-17-45(41)35-55(51)59(57)63(69)71-64(70)60-56-36-46-18-8-4-14-42(46)30-52(56)32-50(58(60)62(67)68)26-24-38-20-10-22-48-28-40-12-2-6-16-44(40)34-54(38)48/h1-22,27-36H,(H,65,66)(H,67,68). The number of benzene rings is 12. The number of aromatic carboxylic acids is 2. The average molecular weight is 915 g/mol. The Morgan fingerprint density at radius 3 is 0.901 bits per heavy atom. The number of ether oxygens (including phenoxy) is 1. The molecular formula is C64H34O7. The lowest BCUT2D eigenvalue weighted by Crippen LogP contribution is -2.20. The average Bonchev–Trinajstić information content (AvgIpc) is 3.38. The molecule has 71 heavy (non-hydrogen) atoms. The zero-order valence-corrected chi connectivity index (χ0v) is 37.4. The van der Waals surface area contributed by atoms with Gasteiger partial charge in [0.2, 0.25) is 0 Å². The van der Waals surface area contributed by atoms with Crippen molar-refractivity contribution >= 4 is 110 Å². The SMILES string of the molecule is O=C(O)c1c(C#Cc2cccc3cc4ccccc4cc23)cc2cc3ccccc3cc2c1C(=O)OC(=O)c1c(C(=O)O)c(C#Cc2cccc3cc4ccccc4cc23)cc2cc3ccccc3cc12. The first-order valence-electron chi connectivity index (χ1n) is 22.7. The molecule has 332 valence electrons. The molecule has 0 unspecified atom stereocenters. The summed E-state index contributed by atoms with van der Waals surface area (Å²) in [7, 11) is 0. The molecule has 0 atom stereocenters. The highest BCUT2D eigenvalue weighted by Crippen LogP contribution is 2.35. The van der Waals surface area contributed by atoms with Gasteiger partial charge < -0.3 is 14.9 Å². The van der Waals surface area contributed by atoms with Gasteiger partial charge in [0, 0.05) is 22.3 Å². The molecule has 0 saturated heterocycles. The van der Waals surface area contributed by atoms with Crippen molar-refractivity contribution in [2.45, 2.75) is 0 Å². The smallest absolute Gasteiger partial charge is 0.347 e. The molecule has 0 heterocycles. The number of hydrogen-bond donors (Lipinski definition) is 2. The number of rotatable bonds is 4. The van der Waals surface area contributed by atoms with Crippen molar-refractivity contribution in [2.24, 2.45) is 0 Å². The van der Waals surface area contributed by atoms with Gasteiger partial charge in [-0.25, -0.2) is 19.2 Å². The summed E-state index contributed by atoms with van der Waals surface area (Å²) in [6, 6.07) is 60.7. The molecule has 0 spiro atoms. The maximum Gasteiger partial charge on any atom is 0.347 e. The van der Waals surface area contributed by atoms with Crippen LogP contribution >= 0.6 is 0 Å². The van der Waals surface area contributed by atoms with Crippen molar-refractivity contribution in [2.75, 3.05) is 0 Å². The van der Waals surface area contributed by atoms with E-state index in [4.69, 9.17) is 4.74 Å². The molecule has 2 N–H and O–H groups in total. The summed E-state index contributed by atoms with van der Waals surface area (Å²) in [4.78, 5) is 57.0. The predicted octanol–water partition coefficient (Wildman–Crippen LogP) is 14.1. The summed E-state index contributed by atoms with van der Waals surface area (Å²) in [6.45, 7) is 0. The van der Waals surface area contributed by atoms with E-state index in [0.29, 0.717) is 32.7 Å². The zero-order valence-electron chi connectivity index (χ0n) is 37.4. The lowest BCUT2D eigenvalue weighted by Gasteiger charge is -2.15. The van der Waals surface area contributed by atoms with Gasteiger partial charge in [0.1, 0.15) is 0 Å². The number of fused-ring (bicyclic) bond motifs is 8. The van der Waals surface area contributed by atoms with Crippen molar-refractivity contribution in [3.63, 3.8) is 0 Å². The predicted molar refractivity (Wildman–Crippen MR) is 281 cm³/mol. The molecule has 7 nitrogen and oxygen atoms in total. The lowest BCUT2D eigenvalue weighted by molar-refractivity contribution is 0.0389. The summed E-state index contributed by atoms with van der Waals surface area (Å²) in [6.07, 6.45) is 0. The Balaban J connectivity index is 1.03. The first-order valence-corrected chi connectivity index (χ1v) is 22.7. The van der Waals surface area contributed by atoms with Crippen molar-refractivity contribution in [1.29, 1.82) is 0 Å². The Labute approximate surface area is 404 Å². The zero-order chi connectivity index (χ0) is 48.3. The van der Waals surface area contributed by atoms with Crippen LogP contribution in [-0.4, -0.2) is 34.1 Å². The third-order valence-electron chi connectivity index (χ3n) is 13.2. The van der Waals surface area contributed by atoms with E-state index in [1.54, 1.807) is 24.3 Å². The van der Waals surface area contributed by atoms with Gasteiger partial charge in [-0.2, -0.15) is 0 Å². The van der Waals surface area contributed by atoms with Gasteiger partial charge in [0.15, 0.2) is 0 Å². The Kier molecular flexibility index (Phi) is 10.1. The molecule has 0 saturated carbocycles. The lowest BCUT2D eigenvalue weighted by atomic mass is 9.91. The van der Waals surface area contributed by atoms with Crippen LogP contribution < -0.4 is 0 Å². The fraction of sp³-hybridized carbons (Fsp3) is 0. The summed E-state index contributed by atoms with van der Waals surface area (Å²) in [5, 5.41) is 34.2. The quantitative estimate of drug-likeness (QED) is 0.0781. The molecule has 0 aliphatic rings. The third kappa shape index (κ3) is 7.48. The highest BCUT2D eigenvalue weighted by molar-refractivity contribution is 6.22. The Morgan fingerprint density at radius 1 is 0.282 bits per heavy atom. The van der Waals surface area contributed by atoms with Crippen molar-refractivity contribution in [3.8, 4) is 23.7 Å². The second-order valence-corrected chi connectivity index (χ2v) is 17.4. The Morgan fingerprint density at radius 2 is 0.563 bits per heavy atom. The highest BCUT2D eigenvalue weighted by atomic mass is 16.6. The maximum absolute atomic E-state index is 14.9. The van der Waals surface area contributed by atoms with Gasteiger partial charge in [-0.1, -0.05) is 145 Å². The van der Waals surface area contributed by atoms with Crippen LogP contribution in [0.4, 0.5) is 0 Å². The van der Waals surface area contributed by atoms with Crippen LogP contribution in [0.2, 0.25) is 0 Å². The van der Waals surface area contributed by atoms with E-state index in [1.165, 1.54) is 0 Å². The molecule has 0 aliphatic carbocycles. The number of carbonyl (C=O) groups excluding carboxylic acids is 2. The summed E-state index contributed by atoms with van der Waals surface area (Å²) < 4.78 is 5.78.